The van der Waals surface area contributed by atoms with E-state index < -0.39 is 0 Å². The average Bonchev–Trinajstić information content (AvgIpc) is 2.66. The molecule has 0 saturated heterocycles. The second-order valence-electron chi connectivity index (χ2n) is 4.96. The Kier molecular flexibility index (Phi) is 3.57. The summed E-state index contributed by atoms with van der Waals surface area (Å²) in [5.74, 6) is 0.831. The number of ketones is 1. The second kappa shape index (κ2) is 4.93. The largest absolute Gasteiger partial charge is 0.327 e. The summed E-state index contributed by atoms with van der Waals surface area (Å²) in [5.41, 5.74) is 7.07. The fourth-order valence-corrected chi connectivity index (χ4v) is 2.78. The molecule has 2 heteroatoms. The summed E-state index contributed by atoms with van der Waals surface area (Å²) < 4.78 is 0. The summed E-state index contributed by atoms with van der Waals surface area (Å²) in [7, 11) is 0. The van der Waals surface area contributed by atoms with E-state index in [1.54, 1.807) is 0 Å². The molecule has 0 unspecified atom stereocenters. The fraction of sp³-hybridized carbons (Fsp3) is 0.769. The quantitative estimate of drug-likeness (QED) is 0.773. The van der Waals surface area contributed by atoms with Crippen molar-refractivity contribution in [3.05, 3.63) is 11.6 Å². The molecular weight excluding hydrogens is 186 g/mol. The first-order valence-corrected chi connectivity index (χ1v) is 6.25. The van der Waals surface area contributed by atoms with Crippen LogP contribution < -0.4 is 5.73 Å². The lowest BCUT2D eigenvalue weighted by Gasteiger charge is -2.17. The minimum atomic E-state index is 0.276. The molecule has 0 aromatic rings. The van der Waals surface area contributed by atoms with Crippen molar-refractivity contribution in [3.63, 3.8) is 0 Å². The van der Waals surface area contributed by atoms with Crippen LogP contribution in [0.15, 0.2) is 11.6 Å². The molecule has 0 amide bonds. The van der Waals surface area contributed by atoms with Crippen LogP contribution in [0.4, 0.5) is 0 Å². The summed E-state index contributed by atoms with van der Waals surface area (Å²) in [5, 5.41) is 0. The van der Waals surface area contributed by atoms with Crippen LogP contribution >= 0.6 is 0 Å². The molecule has 0 radical (unpaired) electrons. The Morgan fingerprint density at radius 3 is 2.80 bits per heavy atom. The summed E-state index contributed by atoms with van der Waals surface area (Å²) in [4.78, 5) is 12.0. The maximum Gasteiger partial charge on any atom is 0.158 e. The van der Waals surface area contributed by atoms with E-state index in [1.807, 2.05) is 0 Å². The minimum Gasteiger partial charge on any atom is -0.327 e. The highest BCUT2D eigenvalue weighted by atomic mass is 16.1. The maximum atomic E-state index is 12.0. The van der Waals surface area contributed by atoms with Gasteiger partial charge in [-0.3, -0.25) is 4.79 Å². The third-order valence-electron chi connectivity index (χ3n) is 3.81. The Morgan fingerprint density at radius 2 is 2.20 bits per heavy atom. The summed E-state index contributed by atoms with van der Waals surface area (Å²) in [6.45, 7) is 0. The normalized spacial score (nSPS) is 31.4. The van der Waals surface area contributed by atoms with E-state index in [1.165, 1.54) is 19.3 Å². The van der Waals surface area contributed by atoms with Crippen molar-refractivity contribution in [1.82, 2.24) is 0 Å². The van der Waals surface area contributed by atoms with Gasteiger partial charge in [-0.25, -0.2) is 0 Å². The summed E-state index contributed by atoms with van der Waals surface area (Å²) in [6, 6.07) is 0.276. The van der Waals surface area contributed by atoms with Gasteiger partial charge in [-0.2, -0.15) is 0 Å². The van der Waals surface area contributed by atoms with Crippen LogP contribution in [-0.4, -0.2) is 11.8 Å². The number of rotatable bonds is 3. The molecule has 0 bridgehead atoms. The number of Topliss-reactive ketones (excluding diaryl/α,β-unsaturated/α-hetero) is 1. The first-order chi connectivity index (χ1) is 7.27. The topological polar surface area (TPSA) is 43.1 Å². The third-order valence-corrected chi connectivity index (χ3v) is 3.81. The molecule has 1 saturated carbocycles. The van der Waals surface area contributed by atoms with E-state index >= 15 is 0 Å². The number of carbonyl (C=O) groups excluding carboxylic acids is 1. The highest BCUT2D eigenvalue weighted by molar-refractivity contribution is 5.95. The smallest absolute Gasteiger partial charge is 0.158 e. The van der Waals surface area contributed by atoms with Gasteiger partial charge in [-0.05, 0) is 50.0 Å². The first kappa shape index (κ1) is 10.9. The number of nitrogens with two attached hydrogens (primary N) is 1. The van der Waals surface area contributed by atoms with Gasteiger partial charge in [0.15, 0.2) is 5.78 Å². The molecule has 2 N–H and O–H groups in total. The molecule has 0 aromatic carbocycles. The molecule has 0 heterocycles. The first-order valence-electron chi connectivity index (χ1n) is 6.25. The second-order valence-corrected chi connectivity index (χ2v) is 4.96. The van der Waals surface area contributed by atoms with E-state index in [4.69, 9.17) is 5.73 Å². The summed E-state index contributed by atoms with van der Waals surface area (Å²) >= 11 is 0. The van der Waals surface area contributed by atoms with Crippen LogP contribution in [0.1, 0.15) is 51.4 Å². The van der Waals surface area contributed by atoms with E-state index in [0.717, 1.165) is 31.3 Å². The van der Waals surface area contributed by atoms with Gasteiger partial charge >= 0.3 is 0 Å². The van der Waals surface area contributed by atoms with Crippen molar-refractivity contribution in [3.8, 4) is 0 Å². The van der Waals surface area contributed by atoms with Gasteiger partial charge in [-0.15, -0.1) is 0 Å². The minimum absolute atomic E-state index is 0.276. The van der Waals surface area contributed by atoms with Crippen molar-refractivity contribution in [2.45, 2.75) is 57.4 Å². The van der Waals surface area contributed by atoms with Crippen LogP contribution in [0.3, 0.4) is 0 Å². The van der Waals surface area contributed by atoms with Crippen molar-refractivity contribution >= 4 is 5.78 Å². The molecule has 2 nitrogen and oxygen atoms in total. The third kappa shape index (κ3) is 2.69. The number of hydrogen-bond donors (Lipinski definition) is 1. The molecule has 84 valence electrons. The molecule has 2 aliphatic rings. The van der Waals surface area contributed by atoms with Gasteiger partial charge in [-0.1, -0.05) is 12.5 Å². The van der Waals surface area contributed by atoms with E-state index in [9.17, 15) is 4.79 Å². The van der Waals surface area contributed by atoms with Gasteiger partial charge in [0.05, 0.1) is 0 Å². The zero-order valence-electron chi connectivity index (χ0n) is 9.37. The molecule has 0 aromatic heterocycles. The average molecular weight is 207 g/mol. The highest BCUT2D eigenvalue weighted by Crippen LogP contribution is 2.29. The van der Waals surface area contributed by atoms with Gasteiger partial charge in [0.25, 0.3) is 0 Å². The van der Waals surface area contributed by atoms with Crippen LogP contribution in [0.2, 0.25) is 0 Å². The number of allylic oxidation sites excluding steroid dienone is 2. The monoisotopic (exact) mass is 207 g/mol. The van der Waals surface area contributed by atoms with Crippen molar-refractivity contribution in [2.75, 3.05) is 0 Å². The zero-order valence-corrected chi connectivity index (χ0v) is 9.37. The Morgan fingerprint density at radius 1 is 1.33 bits per heavy atom. The maximum absolute atomic E-state index is 12.0. The van der Waals surface area contributed by atoms with Gasteiger partial charge in [0.2, 0.25) is 0 Å². The number of hydrogen-bond acceptors (Lipinski definition) is 2. The Labute approximate surface area is 91.9 Å². The lowest BCUT2D eigenvalue weighted by Crippen LogP contribution is -2.26. The van der Waals surface area contributed by atoms with Crippen LogP contribution in [0.5, 0.6) is 0 Å². The predicted molar refractivity (Wildman–Crippen MR) is 61.5 cm³/mol. The molecule has 0 aliphatic heterocycles. The predicted octanol–water partition coefficient (Wildman–Crippen LogP) is 2.57. The zero-order chi connectivity index (χ0) is 10.7. The van der Waals surface area contributed by atoms with Gasteiger partial charge in [0, 0.05) is 12.5 Å². The molecule has 2 atom stereocenters. The Hall–Kier alpha value is -0.630. The van der Waals surface area contributed by atoms with Gasteiger partial charge < -0.3 is 5.73 Å². The van der Waals surface area contributed by atoms with Crippen LogP contribution in [0, 0.1) is 5.92 Å². The van der Waals surface area contributed by atoms with E-state index in [-0.39, 0.29) is 6.04 Å². The van der Waals surface area contributed by atoms with Crippen molar-refractivity contribution < 1.29 is 4.79 Å². The Balaban J connectivity index is 1.88. The van der Waals surface area contributed by atoms with E-state index in [0.29, 0.717) is 18.1 Å². The lowest BCUT2D eigenvalue weighted by atomic mass is 9.89. The summed E-state index contributed by atoms with van der Waals surface area (Å²) in [6.07, 6.45) is 10.8. The van der Waals surface area contributed by atoms with Gasteiger partial charge in [0.1, 0.15) is 0 Å². The highest BCUT2D eigenvalue weighted by Gasteiger charge is 2.27. The molecule has 0 spiro atoms. The fourth-order valence-electron chi connectivity index (χ4n) is 2.78. The van der Waals surface area contributed by atoms with Crippen LogP contribution in [0.25, 0.3) is 0 Å². The SMILES string of the molecule is N[C@@H]1CCC[C@H]1CC(=O)C1=CCCCC1. The van der Waals surface area contributed by atoms with Crippen molar-refractivity contribution in [1.29, 1.82) is 0 Å². The lowest BCUT2D eigenvalue weighted by molar-refractivity contribution is -0.116. The number of carbonyl (C=O) groups is 1. The van der Waals surface area contributed by atoms with E-state index in [2.05, 4.69) is 6.08 Å². The molecule has 2 rings (SSSR count). The molecular formula is C13H21NO. The van der Waals surface area contributed by atoms with Crippen molar-refractivity contribution in [2.24, 2.45) is 11.7 Å². The van der Waals surface area contributed by atoms with Crippen LogP contribution in [-0.2, 0) is 4.79 Å². The molecule has 15 heavy (non-hydrogen) atoms. The Bertz CT molecular complexity index is 270. The molecule has 2 aliphatic carbocycles. The molecule has 1 fully saturated rings. The standard InChI is InChI=1S/C13H21NO/c14-12-8-4-7-11(12)9-13(15)10-5-2-1-3-6-10/h5,11-12H,1-4,6-9,14H2/t11-,12+/m0/s1.